The number of carbonyl (C=O) groups excluding carboxylic acids is 1. The molecular formula is C13H12N2O3. The van der Waals surface area contributed by atoms with Crippen LogP contribution in [0.3, 0.4) is 0 Å². The molecule has 0 spiro atoms. The van der Waals surface area contributed by atoms with Gasteiger partial charge in [-0.05, 0) is 18.6 Å². The van der Waals surface area contributed by atoms with E-state index in [-0.39, 0.29) is 0 Å². The fourth-order valence-corrected chi connectivity index (χ4v) is 1.66. The summed E-state index contributed by atoms with van der Waals surface area (Å²) in [4.78, 5) is 38.1. The molecule has 5 heteroatoms. The van der Waals surface area contributed by atoms with Gasteiger partial charge in [0.1, 0.15) is 0 Å². The highest BCUT2D eigenvalue weighted by atomic mass is 16.2. The number of carbonyl (C=O) groups is 1. The second kappa shape index (κ2) is 4.83. The minimum Gasteiger partial charge on any atom is -0.313 e. The van der Waals surface area contributed by atoms with E-state index in [1.807, 2.05) is 0 Å². The van der Waals surface area contributed by atoms with Gasteiger partial charge in [-0.25, -0.2) is 4.79 Å². The van der Waals surface area contributed by atoms with Crippen molar-refractivity contribution in [3.05, 3.63) is 68.5 Å². The lowest BCUT2D eigenvalue weighted by atomic mass is 10.2. The number of aryl methyl sites for hydroxylation is 1. The number of nitrogens with one attached hydrogen (secondary N) is 1. The summed E-state index contributed by atoms with van der Waals surface area (Å²) < 4.78 is 0.633. The lowest BCUT2D eigenvalue weighted by Crippen LogP contribution is -2.41. The van der Waals surface area contributed by atoms with Crippen LogP contribution in [0.5, 0.6) is 0 Å². The standard InChI is InChI=1S/C13H12N2O3/c1-2-9-8-14-13(18)15(11(9)16)12(17)10-6-4-3-5-7-10/h3-8H,2H2,1H3,(H,14,18). The third-order valence-electron chi connectivity index (χ3n) is 2.66. The fraction of sp³-hybridized carbons (Fsp3) is 0.154. The number of hydrogen-bond acceptors (Lipinski definition) is 3. The van der Waals surface area contributed by atoms with Crippen molar-refractivity contribution in [2.75, 3.05) is 0 Å². The van der Waals surface area contributed by atoms with Gasteiger partial charge in [0.05, 0.1) is 0 Å². The van der Waals surface area contributed by atoms with Gasteiger partial charge in [-0.2, -0.15) is 4.57 Å². The molecule has 1 N–H and O–H groups in total. The Morgan fingerprint density at radius 3 is 2.50 bits per heavy atom. The molecule has 0 fully saturated rings. The van der Waals surface area contributed by atoms with E-state index in [0.29, 0.717) is 22.1 Å². The maximum atomic E-state index is 12.1. The zero-order valence-electron chi connectivity index (χ0n) is 9.84. The third-order valence-corrected chi connectivity index (χ3v) is 2.66. The normalized spacial score (nSPS) is 10.3. The van der Waals surface area contributed by atoms with Crippen LogP contribution in [0.15, 0.2) is 46.1 Å². The van der Waals surface area contributed by atoms with Crippen LogP contribution in [0.4, 0.5) is 0 Å². The van der Waals surface area contributed by atoms with E-state index in [0.717, 1.165) is 0 Å². The fourth-order valence-electron chi connectivity index (χ4n) is 1.66. The Hall–Kier alpha value is -2.43. The molecule has 0 radical (unpaired) electrons. The molecule has 0 unspecified atom stereocenters. The molecular weight excluding hydrogens is 232 g/mol. The van der Waals surface area contributed by atoms with E-state index in [9.17, 15) is 14.4 Å². The Bertz CT molecular complexity index is 683. The summed E-state index contributed by atoms with van der Waals surface area (Å²) in [5.74, 6) is -0.614. The molecule has 0 aliphatic carbocycles. The van der Waals surface area contributed by atoms with E-state index in [1.54, 1.807) is 37.3 Å². The van der Waals surface area contributed by atoms with Crippen LogP contribution in [0.1, 0.15) is 22.8 Å². The molecule has 0 bridgehead atoms. The molecule has 92 valence electrons. The quantitative estimate of drug-likeness (QED) is 0.848. The van der Waals surface area contributed by atoms with Crippen molar-refractivity contribution in [1.29, 1.82) is 0 Å². The van der Waals surface area contributed by atoms with Gasteiger partial charge < -0.3 is 4.98 Å². The molecule has 1 heterocycles. The van der Waals surface area contributed by atoms with Crippen LogP contribution in [-0.4, -0.2) is 15.5 Å². The molecule has 0 saturated carbocycles. The minimum atomic E-state index is -0.717. The number of hydrogen-bond donors (Lipinski definition) is 1. The summed E-state index contributed by atoms with van der Waals surface area (Å²) in [6.45, 7) is 1.78. The molecule has 0 saturated heterocycles. The smallest absolute Gasteiger partial charge is 0.313 e. The molecule has 0 amide bonds. The molecule has 0 atom stereocenters. The van der Waals surface area contributed by atoms with Crippen LogP contribution < -0.4 is 11.2 Å². The van der Waals surface area contributed by atoms with E-state index in [4.69, 9.17) is 0 Å². The van der Waals surface area contributed by atoms with Gasteiger partial charge in [0, 0.05) is 17.3 Å². The van der Waals surface area contributed by atoms with Gasteiger partial charge in [0.15, 0.2) is 0 Å². The highest BCUT2D eigenvalue weighted by molar-refractivity contribution is 5.95. The Balaban J connectivity index is 2.63. The summed E-state index contributed by atoms with van der Waals surface area (Å²) in [6.07, 6.45) is 1.80. The second-order valence-corrected chi connectivity index (χ2v) is 3.78. The highest BCUT2D eigenvalue weighted by Gasteiger charge is 2.15. The number of H-pyrrole nitrogens is 1. The van der Waals surface area contributed by atoms with Crippen LogP contribution in [0.25, 0.3) is 0 Å². The zero-order valence-corrected chi connectivity index (χ0v) is 9.84. The topological polar surface area (TPSA) is 71.9 Å². The zero-order chi connectivity index (χ0) is 13.1. The van der Waals surface area contributed by atoms with E-state index in [1.165, 1.54) is 6.20 Å². The number of aromatic amines is 1. The molecule has 1 aromatic carbocycles. The van der Waals surface area contributed by atoms with Gasteiger partial charge >= 0.3 is 5.69 Å². The first kappa shape index (κ1) is 12.0. The third kappa shape index (κ3) is 2.02. The number of nitrogens with zero attached hydrogens (tertiary/aromatic N) is 1. The van der Waals surface area contributed by atoms with Crippen molar-refractivity contribution in [2.24, 2.45) is 0 Å². The van der Waals surface area contributed by atoms with Crippen molar-refractivity contribution in [2.45, 2.75) is 13.3 Å². The van der Waals surface area contributed by atoms with Crippen LogP contribution in [0.2, 0.25) is 0 Å². The Morgan fingerprint density at radius 1 is 1.22 bits per heavy atom. The van der Waals surface area contributed by atoms with Gasteiger partial charge in [0.25, 0.3) is 11.5 Å². The van der Waals surface area contributed by atoms with E-state index < -0.39 is 17.2 Å². The van der Waals surface area contributed by atoms with E-state index >= 15 is 0 Å². The Morgan fingerprint density at radius 2 is 1.89 bits per heavy atom. The molecule has 18 heavy (non-hydrogen) atoms. The van der Waals surface area contributed by atoms with Crippen molar-refractivity contribution in [3.63, 3.8) is 0 Å². The number of rotatable bonds is 2. The predicted octanol–water partition coefficient (Wildman–Crippen LogP) is 0.788. The second-order valence-electron chi connectivity index (χ2n) is 3.78. The Kier molecular flexibility index (Phi) is 3.23. The summed E-state index contributed by atoms with van der Waals surface area (Å²) in [7, 11) is 0. The number of benzene rings is 1. The van der Waals surface area contributed by atoms with Crippen molar-refractivity contribution in [1.82, 2.24) is 9.55 Å². The van der Waals surface area contributed by atoms with Crippen LogP contribution in [-0.2, 0) is 6.42 Å². The summed E-state index contributed by atoms with van der Waals surface area (Å²) >= 11 is 0. The average Bonchev–Trinajstić information content (AvgIpc) is 2.40. The van der Waals surface area contributed by atoms with Crippen molar-refractivity contribution >= 4 is 5.91 Å². The monoisotopic (exact) mass is 244 g/mol. The lowest BCUT2D eigenvalue weighted by molar-refractivity contribution is 0.0950. The summed E-state index contributed by atoms with van der Waals surface area (Å²) in [5, 5.41) is 0. The molecule has 5 nitrogen and oxygen atoms in total. The van der Waals surface area contributed by atoms with Gasteiger partial charge in [-0.3, -0.25) is 9.59 Å². The largest absolute Gasteiger partial charge is 0.335 e. The van der Waals surface area contributed by atoms with Crippen molar-refractivity contribution in [3.8, 4) is 0 Å². The maximum Gasteiger partial charge on any atom is 0.335 e. The molecule has 2 rings (SSSR count). The van der Waals surface area contributed by atoms with E-state index in [2.05, 4.69) is 4.98 Å². The van der Waals surface area contributed by atoms with Crippen LogP contribution in [0, 0.1) is 0 Å². The minimum absolute atomic E-state index is 0.304. The molecule has 1 aromatic heterocycles. The Labute approximate surface area is 103 Å². The summed E-state index contributed by atoms with van der Waals surface area (Å²) in [6, 6.07) is 8.23. The maximum absolute atomic E-state index is 12.1. The molecule has 2 aromatic rings. The first-order chi connectivity index (χ1) is 8.65. The molecule has 0 aliphatic heterocycles. The highest BCUT2D eigenvalue weighted by Crippen LogP contribution is 1.99. The van der Waals surface area contributed by atoms with Gasteiger partial charge in [-0.15, -0.1) is 0 Å². The SMILES string of the molecule is CCc1c[nH]c(=O)n(C(=O)c2ccccc2)c1=O. The van der Waals surface area contributed by atoms with Crippen LogP contribution >= 0.6 is 0 Å². The first-order valence-corrected chi connectivity index (χ1v) is 5.58. The molecule has 0 aliphatic rings. The van der Waals surface area contributed by atoms with Gasteiger partial charge in [-0.1, -0.05) is 25.1 Å². The van der Waals surface area contributed by atoms with Gasteiger partial charge in [0.2, 0.25) is 0 Å². The predicted molar refractivity (Wildman–Crippen MR) is 66.9 cm³/mol. The average molecular weight is 244 g/mol. The first-order valence-electron chi connectivity index (χ1n) is 5.58. The lowest BCUT2D eigenvalue weighted by Gasteiger charge is -2.04. The number of aromatic nitrogens is 2. The summed E-state index contributed by atoms with van der Waals surface area (Å²) in [5.41, 5.74) is -0.571. The van der Waals surface area contributed by atoms with Crippen molar-refractivity contribution < 1.29 is 4.79 Å².